The van der Waals surface area contributed by atoms with Gasteiger partial charge in [0.1, 0.15) is 22.3 Å². The van der Waals surface area contributed by atoms with Crippen molar-refractivity contribution in [3.05, 3.63) is 158 Å². The summed E-state index contributed by atoms with van der Waals surface area (Å²) in [5.41, 5.74) is 7.30. The van der Waals surface area contributed by atoms with Crippen molar-refractivity contribution >= 4 is 65.7 Å². The average molecular weight is 660 g/mol. The molecule has 0 bridgehead atoms. The molecular formula is C45H26N4O2. The van der Waals surface area contributed by atoms with Crippen molar-refractivity contribution < 1.29 is 15.7 Å². The highest BCUT2D eigenvalue weighted by atomic mass is 16.3. The molecular weight excluding hydrogens is 629 g/mol. The van der Waals surface area contributed by atoms with Gasteiger partial charge in [0.25, 0.3) is 0 Å². The molecule has 0 aliphatic heterocycles. The fourth-order valence-electron chi connectivity index (χ4n) is 7.20. The Morgan fingerprint density at radius 2 is 1.06 bits per heavy atom. The van der Waals surface area contributed by atoms with Gasteiger partial charge in [0.05, 0.1) is 17.9 Å². The minimum absolute atomic E-state index is 0.0219. The topological polar surface area (TPSA) is 69.9 Å². The van der Waals surface area contributed by atoms with E-state index in [2.05, 4.69) is 64.1 Å². The van der Waals surface area contributed by atoms with Gasteiger partial charge in [-0.1, -0.05) is 103 Å². The summed E-state index contributed by atoms with van der Waals surface area (Å²) in [6.45, 7) is 0. The molecule has 0 radical (unpaired) electrons. The highest BCUT2D eigenvalue weighted by Crippen LogP contribution is 2.40. The Morgan fingerprint density at radius 3 is 1.90 bits per heavy atom. The lowest BCUT2D eigenvalue weighted by molar-refractivity contribution is 0.668. The fraction of sp³-hybridized carbons (Fsp3) is 0. The van der Waals surface area contributed by atoms with Crippen LogP contribution >= 0.6 is 0 Å². The zero-order valence-corrected chi connectivity index (χ0v) is 26.7. The first kappa shape index (κ1) is 23.3. The van der Waals surface area contributed by atoms with Crippen LogP contribution in [0.25, 0.3) is 106 Å². The van der Waals surface area contributed by atoms with Gasteiger partial charge in [-0.05, 0) is 48.5 Å². The molecule has 4 heterocycles. The van der Waals surface area contributed by atoms with E-state index < -0.39 is 18.1 Å². The molecule has 0 saturated heterocycles. The van der Waals surface area contributed by atoms with Crippen molar-refractivity contribution in [2.75, 3.05) is 0 Å². The molecule has 51 heavy (non-hydrogen) atoms. The van der Waals surface area contributed by atoms with Gasteiger partial charge < -0.3 is 13.4 Å². The Morgan fingerprint density at radius 1 is 0.412 bits per heavy atom. The van der Waals surface area contributed by atoms with Crippen LogP contribution in [-0.2, 0) is 0 Å². The van der Waals surface area contributed by atoms with Crippen molar-refractivity contribution in [1.82, 2.24) is 19.5 Å². The van der Waals surface area contributed by atoms with Crippen molar-refractivity contribution in [3.63, 3.8) is 0 Å². The normalized spacial score (nSPS) is 13.3. The Bertz CT molecular complexity index is 3420. The maximum atomic E-state index is 8.62. The van der Waals surface area contributed by atoms with Gasteiger partial charge in [-0.2, -0.15) is 0 Å². The number of aromatic nitrogens is 4. The molecule has 6 heteroatoms. The van der Waals surface area contributed by atoms with E-state index in [0.717, 1.165) is 60.2 Å². The van der Waals surface area contributed by atoms with Crippen LogP contribution in [0, 0.1) is 0 Å². The Balaban J connectivity index is 1.08. The molecule has 4 aromatic heterocycles. The van der Waals surface area contributed by atoms with Crippen molar-refractivity contribution in [2.24, 2.45) is 0 Å². The van der Waals surface area contributed by atoms with Crippen LogP contribution in [0.15, 0.2) is 166 Å². The van der Waals surface area contributed by atoms with Gasteiger partial charge >= 0.3 is 0 Å². The van der Waals surface area contributed by atoms with Crippen LogP contribution in [0.2, 0.25) is 0 Å². The summed E-state index contributed by atoms with van der Waals surface area (Å²) in [6.07, 6.45) is 0. The minimum atomic E-state index is -0.485. The van der Waals surface area contributed by atoms with E-state index in [1.165, 1.54) is 0 Å². The fourth-order valence-corrected chi connectivity index (χ4v) is 7.20. The lowest BCUT2D eigenvalue weighted by Crippen LogP contribution is -2.00. The van der Waals surface area contributed by atoms with Gasteiger partial charge in [0, 0.05) is 60.8 Å². The van der Waals surface area contributed by atoms with Gasteiger partial charge in [-0.3, -0.25) is 0 Å². The van der Waals surface area contributed by atoms with Crippen LogP contribution in [0.3, 0.4) is 0 Å². The summed E-state index contributed by atoms with van der Waals surface area (Å²) in [7, 11) is 0. The van der Waals surface area contributed by atoms with Crippen LogP contribution in [0.1, 0.15) is 6.85 Å². The second-order valence-electron chi connectivity index (χ2n) is 12.5. The smallest absolute Gasteiger partial charge is 0.164 e. The molecule has 0 aliphatic rings. The van der Waals surface area contributed by atoms with E-state index in [-0.39, 0.29) is 29.3 Å². The van der Waals surface area contributed by atoms with Crippen LogP contribution in [0.4, 0.5) is 0 Å². The first-order valence-electron chi connectivity index (χ1n) is 19.0. The zero-order chi connectivity index (χ0) is 37.8. The van der Waals surface area contributed by atoms with E-state index >= 15 is 0 Å². The summed E-state index contributed by atoms with van der Waals surface area (Å²) in [5, 5.41) is 6.28. The third-order valence-electron chi connectivity index (χ3n) is 9.53. The predicted molar refractivity (Wildman–Crippen MR) is 205 cm³/mol. The summed E-state index contributed by atoms with van der Waals surface area (Å²) >= 11 is 0. The third kappa shape index (κ3) is 4.33. The molecule has 6 nitrogen and oxygen atoms in total. The van der Waals surface area contributed by atoms with E-state index in [0.29, 0.717) is 28.1 Å². The molecule has 11 aromatic rings. The third-order valence-corrected chi connectivity index (χ3v) is 9.53. The van der Waals surface area contributed by atoms with E-state index in [1.807, 2.05) is 72.8 Å². The summed E-state index contributed by atoms with van der Waals surface area (Å²) in [5.74, 6) is 0.551. The second-order valence-corrected chi connectivity index (χ2v) is 12.5. The number of hydrogen-bond donors (Lipinski definition) is 0. The Kier molecular flexibility index (Phi) is 4.91. The van der Waals surface area contributed by atoms with Gasteiger partial charge in [-0.15, -0.1) is 0 Å². The van der Waals surface area contributed by atoms with Crippen molar-refractivity contribution in [2.45, 2.75) is 0 Å². The number of fused-ring (bicyclic) bond motifs is 9. The average Bonchev–Trinajstić information content (AvgIpc) is 3.90. The predicted octanol–water partition coefficient (Wildman–Crippen LogP) is 11.8. The first-order valence-corrected chi connectivity index (χ1v) is 16.5. The second kappa shape index (κ2) is 10.7. The Labute approximate surface area is 297 Å². The lowest BCUT2D eigenvalue weighted by atomic mass is 10.1. The highest BCUT2D eigenvalue weighted by Gasteiger charge is 2.19. The highest BCUT2D eigenvalue weighted by molar-refractivity contribution is 6.17. The first-order chi connectivity index (χ1) is 27.3. The molecule has 0 N–H and O–H groups in total. The maximum absolute atomic E-state index is 8.62. The Hall–Kier alpha value is -7.05. The van der Waals surface area contributed by atoms with Gasteiger partial charge in [0.15, 0.2) is 17.5 Å². The van der Waals surface area contributed by atoms with Gasteiger partial charge in [-0.25, -0.2) is 15.0 Å². The number of rotatable bonds is 4. The summed E-state index contributed by atoms with van der Waals surface area (Å²) < 4.78 is 56.9. The quantitative estimate of drug-likeness (QED) is 0.188. The zero-order valence-electron chi connectivity index (χ0n) is 31.7. The maximum Gasteiger partial charge on any atom is 0.164 e. The monoisotopic (exact) mass is 659 g/mol. The molecule has 7 aromatic carbocycles. The van der Waals surface area contributed by atoms with Crippen LogP contribution < -0.4 is 0 Å². The molecule has 0 saturated carbocycles. The number of benzene rings is 7. The number of hydrogen-bond acceptors (Lipinski definition) is 5. The molecule has 0 fully saturated rings. The number of para-hydroxylation sites is 2. The molecule has 0 spiro atoms. The minimum Gasteiger partial charge on any atom is -0.456 e. The summed E-state index contributed by atoms with van der Waals surface area (Å²) in [6, 6.07) is 39.9. The van der Waals surface area contributed by atoms with E-state index in [9.17, 15) is 0 Å². The number of nitrogens with zero attached hydrogens (tertiary/aromatic N) is 4. The molecule has 238 valence electrons. The van der Waals surface area contributed by atoms with Crippen LogP contribution in [-0.4, -0.2) is 19.5 Å². The van der Waals surface area contributed by atoms with Crippen molar-refractivity contribution in [1.29, 1.82) is 0 Å². The number of furan rings is 2. The standard InChI is InChI=1S/C45H26N4O2/c1-3-11-27(12-4-1)43-46-44(28-13-5-2-6-14-28)48-45(47-43)29-19-21-33-35-24-30(20-22-40(35)51-41(33)23-29)49-37-17-9-7-15-31(37)34-25-36-32-16-8-10-18-39(32)50-42(36)26-38(34)49/h1-26H/i1D,3D,4D,11D,12D. The molecule has 0 atom stereocenters. The molecule has 11 rings (SSSR count). The summed E-state index contributed by atoms with van der Waals surface area (Å²) in [4.78, 5) is 14.1. The SMILES string of the molecule is [2H]c1c([2H])c([2H])c(-c2nc(-c3ccccc3)nc(-c3ccc4c(c3)oc3ccc(-n5c6ccccc6c6cc7c(cc65)oc5ccccc57)cc34)n2)c([2H])c1[2H]. The molecule has 0 unspecified atom stereocenters. The largest absolute Gasteiger partial charge is 0.456 e. The van der Waals surface area contributed by atoms with Gasteiger partial charge in [0.2, 0.25) is 0 Å². The van der Waals surface area contributed by atoms with Crippen LogP contribution in [0.5, 0.6) is 0 Å². The van der Waals surface area contributed by atoms with E-state index in [1.54, 1.807) is 0 Å². The lowest BCUT2D eigenvalue weighted by Gasteiger charge is -2.08. The van der Waals surface area contributed by atoms with Crippen molar-refractivity contribution in [3.8, 4) is 39.9 Å². The molecule has 0 amide bonds. The van der Waals surface area contributed by atoms with E-state index in [4.69, 9.17) is 25.7 Å². The molecule has 0 aliphatic carbocycles.